The Hall–Kier alpha value is -6.73. The fraction of sp³-hybridized carbons (Fsp3) is 0.273. The van der Waals surface area contributed by atoms with Gasteiger partial charge in [-0.3, -0.25) is 14.3 Å². The molecule has 65 heavy (non-hydrogen) atoms. The van der Waals surface area contributed by atoms with Crippen LogP contribution < -0.4 is 21.2 Å². The quantitative estimate of drug-likeness (QED) is 0.0466. The number of amides is 1. The van der Waals surface area contributed by atoms with Crippen molar-refractivity contribution in [2.75, 3.05) is 36.2 Å². The number of H-pyrrole nitrogens is 1. The summed E-state index contributed by atoms with van der Waals surface area (Å²) in [5.41, 5.74) is -0.425. The van der Waals surface area contributed by atoms with Crippen LogP contribution in [0.2, 0.25) is 10.0 Å². The van der Waals surface area contributed by atoms with Gasteiger partial charge in [0.05, 0.1) is 50.3 Å². The number of aromatic amines is 1. The van der Waals surface area contributed by atoms with Gasteiger partial charge >= 0.3 is 17.6 Å². The predicted octanol–water partition coefficient (Wildman–Crippen LogP) is 9.84. The predicted molar refractivity (Wildman–Crippen MR) is 237 cm³/mol. The van der Waals surface area contributed by atoms with E-state index in [-0.39, 0.29) is 62.1 Å². The number of ether oxygens (including phenoxy) is 2. The first-order valence-electron chi connectivity index (χ1n) is 19.6. The van der Waals surface area contributed by atoms with Crippen molar-refractivity contribution in [2.45, 2.75) is 46.1 Å². The van der Waals surface area contributed by atoms with Gasteiger partial charge in [-0.2, -0.15) is 23.1 Å². The fourth-order valence-electron chi connectivity index (χ4n) is 6.07. The molecule has 0 aliphatic rings. The van der Waals surface area contributed by atoms with Gasteiger partial charge in [0.25, 0.3) is 11.9 Å². The molecule has 6 aromatic rings. The molecule has 0 saturated carbocycles. The van der Waals surface area contributed by atoms with Crippen molar-refractivity contribution in [3.05, 3.63) is 127 Å². The van der Waals surface area contributed by atoms with Gasteiger partial charge < -0.3 is 29.6 Å². The maximum atomic E-state index is 14.6. The topological polar surface area (TPSA) is 165 Å². The number of unbranched alkanes of at least 4 members (excludes halogenated alkanes) is 1. The van der Waals surface area contributed by atoms with Crippen LogP contribution >= 0.6 is 23.2 Å². The van der Waals surface area contributed by atoms with E-state index >= 15 is 0 Å². The first kappa shape index (κ1) is 49.3. The van der Waals surface area contributed by atoms with Crippen LogP contribution in [0.3, 0.4) is 0 Å². The van der Waals surface area contributed by atoms with E-state index in [1.807, 2.05) is 6.92 Å². The summed E-state index contributed by atoms with van der Waals surface area (Å²) in [6, 6.07) is 13.4. The number of esters is 2. The number of halogens is 7. The van der Waals surface area contributed by atoms with Gasteiger partial charge in [0.15, 0.2) is 17.5 Å². The minimum absolute atomic E-state index is 0.00597. The molecular weight excluding hydrogens is 902 g/mol. The molecule has 4 aromatic heterocycles. The maximum Gasteiger partial charge on any atom is 0.340 e. The van der Waals surface area contributed by atoms with E-state index in [4.69, 9.17) is 32.7 Å². The van der Waals surface area contributed by atoms with Crippen molar-refractivity contribution in [3.63, 3.8) is 0 Å². The van der Waals surface area contributed by atoms with Crippen molar-refractivity contribution in [3.8, 4) is 22.5 Å². The molecule has 0 unspecified atom stereocenters. The standard InChI is InChI=1S/C24H25ClF2N4O3.C20H18ClF3N4O3/c1-24(2,3)34-23(33)14-8-7-13(11-16(14)25)28-22(32)19-10-9-18(31(19)6)15-12-17(26)21(30(4)5)29-20(15)27;1-3-4-7-31-19(29)11-6-5-10(8-13(11)21)25-18-15(28(2)20(30)27-18)12-9-14(22)17(24)26-16(12)23/h7-12H,1-6H3,(H,28,32);5-6,8-9,25H,3-4,7H2,1-2H3,(H,27,30). The molecule has 14 nitrogen and oxygen atoms in total. The lowest BCUT2D eigenvalue weighted by Gasteiger charge is -2.20. The number of hydrogen-bond acceptors (Lipinski definition) is 10. The Balaban J connectivity index is 0.000000245. The molecule has 344 valence electrons. The third kappa shape index (κ3) is 11.7. The van der Waals surface area contributed by atoms with E-state index in [1.54, 1.807) is 41.9 Å². The molecule has 3 N–H and O–H groups in total. The molecule has 0 aliphatic carbocycles. The van der Waals surface area contributed by atoms with Gasteiger partial charge in [-0.15, -0.1) is 0 Å². The van der Waals surface area contributed by atoms with Crippen LogP contribution in [0.1, 0.15) is 71.7 Å². The molecule has 4 heterocycles. The summed E-state index contributed by atoms with van der Waals surface area (Å²) in [7, 11) is 5.99. The molecule has 0 fully saturated rings. The lowest BCUT2D eigenvalue weighted by Crippen LogP contribution is -2.24. The van der Waals surface area contributed by atoms with Crippen LogP contribution in [-0.2, 0) is 23.6 Å². The Kier molecular flexibility index (Phi) is 15.5. The normalized spacial score (nSPS) is 11.1. The zero-order valence-corrected chi connectivity index (χ0v) is 37.7. The second kappa shape index (κ2) is 20.4. The first-order valence-corrected chi connectivity index (χ1v) is 20.3. The van der Waals surface area contributed by atoms with Crippen molar-refractivity contribution < 1.29 is 45.8 Å². The highest BCUT2D eigenvalue weighted by Gasteiger charge is 2.24. The average molecular weight is 946 g/mol. The summed E-state index contributed by atoms with van der Waals surface area (Å²) < 4.78 is 82.9. The minimum atomic E-state index is -1.59. The summed E-state index contributed by atoms with van der Waals surface area (Å²) in [5, 5.41) is 5.72. The van der Waals surface area contributed by atoms with E-state index in [0.717, 1.165) is 23.5 Å². The second-order valence-corrected chi connectivity index (χ2v) is 16.3. The lowest BCUT2D eigenvalue weighted by molar-refractivity contribution is 0.00693. The number of benzene rings is 2. The molecule has 0 aliphatic heterocycles. The van der Waals surface area contributed by atoms with Gasteiger partial charge in [-0.1, -0.05) is 36.5 Å². The molecular formula is C44H43Cl2F5N8O6. The average Bonchev–Trinajstić information content (AvgIpc) is 3.73. The SMILES string of the molecule is CCCCOC(=O)c1ccc(Nc2[nH]c(=O)n(C)c2-c2cc(F)c(F)nc2F)cc1Cl.CN(C)c1nc(F)c(-c2ccc(C(=O)Nc3ccc(C(=O)OC(C)(C)C)c(Cl)c3)n2C)cc1F. The second-order valence-electron chi connectivity index (χ2n) is 15.5. The van der Waals surface area contributed by atoms with Crippen molar-refractivity contribution in [2.24, 2.45) is 14.1 Å². The molecule has 0 atom stereocenters. The summed E-state index contributed by atoms with van der Waals surface area (Å²) in [4.78, 5) is 59.7. The number of aromatic nitrogens is 5. The number of rotatable bonds is 12. The van der Waals surface area contributed by atoms with E-state index in [1.165, 1.54) is 65.0 Å². The van der Waals surface area contributed by atoms with Gasteiger partial charge in [0.2, 0.25) is 11.9 Å². The molecule has 0 bridgehead atoms. The summed E-state index contributed by atoms with van der Waals surface area (Å²) in [6.07, 6.45) is 1.60. The number of carbonyl (C=O) groups is 3. The third-order valence-corrected chi connectivity index (χ3v) is 9.88. The summed E-state index contributed by atoms with van der Waals surface area (Å²) in [5.74, 6) is -7.59. The van der Waals surface area contributed by atoms with Crippen LogP contribution in [0.5, 0.6) is 0 Å². The number of nitrogens with zero attached hydrogens (tertiary/aromatic N) is 5. The zero-order valence-electron chi connectivity index (χ0n) is 36.2. The van der Waals surface area contributed by atoms with Crippen molar-refractivity contribution in [1.29, 1.82) is 0 Å². The molecule has 1 amide bonds. The smallest absolute Gasteiger partial charge is 0.340 e. The highest BCUT2D eigenvalue weighted by molar-refractivity contribution is 6.34. The monoisotopic (exact) mass is 944 g/mol. The highest BCUT2D eigenvalue weighted by Crippen LogP contribution is 2.32. The van der Waals surface area contributed by atoms with Crippen molar-refractivity contribution >= 4 is 64.1 Å². The molecule has 2 aromatic carbocycles. The number of carbonyl (C=O) groups excluding carboxylic acids is 3. The fourth-order valence-corrected chi connectivity index (χ4v) is 6.59. The third-order valence-electron chi connectivity index (χ3n) is 9.25. The zero-order chi connectivity index (χ0) is 48.1. The van der Waals surface area contributed by atoms with Gasteiger partial charge in [0, 0.05) is 39.6 Å². The van der Waals surface area contributed by atoms with E-state index in [9.17, 15) is 41.1 Å². The van der Waals surface area contributed by atoms with Crippen LogP contribution in [-0.4, -0.2) is 68.2 Å². The van der Waals surface area contributed by atoms with Crippen molar-refractivity contribution in [1.82, 2.24) is 24.1 Å². The summed E-state index contributed by atoms with van der Waals surface area (Å²) >= 11 is 12.4. The van der Waals surface area contributed by atoms with E-state index in [0.29, 0.717) is 17.4 Å². The molecule has 21 heteroatoms. The van der Waals surface area contributed by atoms with Crippen LogP contribution in [0.25, 0.3) is 22.5 Å². The Labute approximate surface area is 379 Å². The Morgan fingerprint density at radius 2 is 1.38 bits per heavy atom. The Morgan fingerprint density at radius 1 is 0.785 bits per heavy atom. The Morgan fingerprint density at radius 3 is 2.00 bits per heavy atom. The number of anilines is 4. The maximum absolute atomic E-state index is 14.6. The Bertz CT molecular complexity index is 2840. The van der Waals surface area contributed by atoms with Gasteiger partial charge in [0.1, 0.15) is 17.1 Å². The number of pyridine rings is 2. The molecule has 0 saturated heterocycles. The first-order chi connectivity index (χ1) is 30.5. The molecule has 6 rings (SSSR count). The highest BCUT2D eigenvalue weighted by atomic mass is 35.5. The lowest BCUT2D eigenvalue weighted by atomic mass is 10.1. The number of imidazole rings is 1. The van der Waals surface area contributed by atoms with E-state index < -0.39 is 64.2 Å². The summed E-state index contributed by atoms with van der Waals surface area (Å²) in [6.45, 7) is 7.47. The number of hydrogen-bond donors (Lipinski definition) is 3. The number of nitrogens with one attached hydrogen (secondary N) is 3. The van der Waals surface area contributed by atoms with Crippen LogP contribution in [0.15, 0.2) is 65.5 Å². The molecule has 0 radical (unpaired) electrons. The van der Waals surface area contributed by atoms with E-state index in [2.05, 4.69) is 25.6 Å². The minimum Gasteiger partial charge on any atom is -0.462 e. The van der Waals surface area contributed by atoms with Gasteiger partial charge in [-0.25, -0.2) is 23.2 Å². The van der Waals surface area contributed by atoms with Crippen LogP contribution in [0, 0.1) is 29.5 Å². The van der Waals surface area contributed by atoms with Gasteiger partial charge in [-0.05, 0) is 87.9 Å². The molecule has 0 spiro atoms. The van der Waals surface area contributed by atoms with Crippen LogP contribution in [0.4, 0.5) is 45.0 Å². The largest absolute Gasteiger partial charge is 0.462 e.